The van der Waals surface area contributed by atoms with Crippen LogP contribution in [0.4, 0.5) is 4.79 Å². The van der Waals surface area contributed by atoms with Crippen molar-refractivity contribution in [3.8, 4) is 11.4 Å². The van der Waals surface area contributed by atoms with E-state index >= 15 is 0 Å². The predicted octanol–water partition coefficient (Wildman–Crippen LogP) is 4.08. The first-order valence-electron chi connectivity index (χ1n) is 5.70. The van der Waals surface area contributed by atoms with E-state index in [9.17, 15) is 0 Å². The second-order valence-corrected chi connectivity index (χ2v) is 4.56. The molecule has 0 aliphatic carbocycles. The number of rotatable bonds is 1. The van der Waals surface area contributed by atoms with E-state index in [2.05, 4.69) is 33.3 Å². The maximum Gasteiger partial charge on any atom is 0.503 e. The lowest BCUT2D eigenvalue weighted by Gasteiger charge is -1.99. The van der Waals surface area contributed by atoms with Crippen molar-refractivity contribution in [3.05, 3.63) is 54.6 Å². The van der Waals surface area contributed by atoms with Gasteiger partial charge in [0.25, 0.3) is 0 Å². The van der Waals surface area contributed by atoms with Crippen LogP contribution in [0.3, 0.4) is 0 Å². The van der Waals surface area contributed by atoms with Crippen LogP contribution in [0.15, 0.2) is 54.6 Å². The zero-order valence-corrected chi connectivity index (χ0v) is 11.9. The Morgan fingerprint density at radius 3 is 2.15 bits per heavy atom. The van der Waals surface area contributed by atoms with E-state index in [4.69, 9.17) is 15.0 Å². The Morgan fingerprint density at radius 2 is 1.55 bits per heavy atom. The molecule has 0 saturated heterocycles. The van der Waals surface area contributed by atoms with Gasteiger partial charge in [0.1, 0.15) is 0 Å². The summed E-state index contributed by atoms with van der Waals surface area (Å²) in [4.78, 5) is 13.2. The molecule has 0 aliphatic rings. The normalized spacial score (nSPS) is 9.85. The number of hydrogen-bond donors (Lipinski definition) is 2. The third kappa shape index (κ3) is 3.16. The minimum atomic E-state index is -1.83. The van der Waals surface area contributed by atoms with E-state index in [0.717, 1.165) is 22.4 Å². The average molecular weight is 335 g/mol. The lowest BCUT2D eigenvalue weighted by Crippen LogP contribution is -1.85. The Morgan fingerprint density at radius 1 is 1.00 bits per heavy atom. The maximum absolute atomic E-state index is 8.56. The molecule has 1 heterocycles. The summed E-state index contributed by atoms with van der Waals surface area (Å²) in [6.07, 6.45) is -1.83. The minimum absolute atomic E-state index is 0.932. The molecule has 0 saturated carbocycles. The van der Waals surface area contributed by atoms with Crippen molar-refractivity contribution in [2.45, 2.75) is 0 Å². The first-order chi connectivity index (χ1) is 9.59. The first kappa shape index (κ1) is 14.1. The number of aromatic nitrogens is 2. The lowest BCUT2D eigenvalue weighted by atomic mass is 10.2. The zero-order chi connectivity index (χ0) is 14.5. The number of hydrogen-bond acceptors (Lipinski definition) is 2. The van der Waals surface area contributed by atoms with Crippen LogP contribution in [0, 0.1) is 0 Å². The van der Waals surface area contributed by atoms with E-state index in [0.29, 0.717) is 0 Å². The first-order valence-corrected chi connectivity index (χ1v) is 6.41. The predicted molar refractivity (Wildman–Crippen MR) is 80.1 cm³/mol. The van der Waals surface area contributed by atoms with Crippen LogP contribution < -0.4 is 0 Å². The van der Waals surface area contributed by atoms with Crippen LogP contribution >= 0.6 is 16.1 Å². The standard InChI is InChI=1S/C13H9BrN2.CH2O3/c14-16-12-9-5-4-8-11(12)15-13(16)10-6-2-1-3-7-10;2-1(3)4/h1-9H;(H2,2,3,4). The Hall–Kier alpha value is -2.34. The molecule has 0 spiro atoms. The average Bonchev–Trinajstić information content (AvgIpc) is 2.77. The van der Waals surface area contributed by atoms with Gasteiger partial charge in [-0.25, -0.2) is 9.78 Å². The highest BCUT2D eigenvalue weighted by molar-refractivity contribution is 9.08. The Kier molecular flexibility index (Phi) is 4.37. The molecule has 0 unspecified atom stereocenters. The largest absolute Gasteiger partial charge is 0.503 e. The molecule has 1 aromatic heterocycles. The molecule has 5 nitrogen and oxygen atoms in total. The summed E-state index contributed by atoms with van der Waals surface area (Å²) < 4.78 is 1.94. The molecule has 0 fully saturated rings. The van der Waals surface area contributed by atoms with Gasteiger partial charge in [0.05, 0.1) is 27.2 Å². The summed E-state index contributed by atoms with van der Waals surface area (Å²) in [5.74, 6) is 0.932. The number of halogens is 1. The fourth-order valence-corrected chi connectivity index (χ4v) is 2.35. The highest BCUT2D eigenvalue weighted by Crippen LogP contribution is 2.26. The maximum atomic E-state index is 8.56. The molecule has 20 heavy (non-hydrogen) atoms. The van der Waals surface area contributed by atoms with Crippen molar-refractivity contribution in [1.82, 2.24) is 8.58 Å². The number of fused-ring (bicyclic) bond motifs is 1. The summed E-state index contributed by atoms with van der Waals surface area (Å²) in [5, 5.41) is 13.9. The van der Waals surface area contributed by atoms with Gasteiger partial charge in [-0.15, -0.1) is 0 Å². The number of carboxylic acid groups (broad SMARTS) is 2. The molecule has 0 radical (unpaired) electrons. The fraction of sp³-hybridized carbons (Fsp3) is 0. The topological polar surface area (TPSA) is 75.4 Å². The molecule has 102 valence electrons. The highest BCUT2D eigenvalue weighted by atomic mass is 79.9. The van der Waals surface area contributed by atoms with Crippen LogP contribution in [0.25, 0.3) is 22.4 Å². The third-order valence-corrected chi connectivity index (χ3v) is 3.26. The zero-order valence-electron chi connectivity index (χ0n) is 10.3. The molecule has 0 aliphatic heterocycles. The molecule has 2 N–H and O–H groups in total. The van der Waals surface area contributed by atoms with Crippen LogP contribution in [0.1, 0.15) is 0 Å². The summed E-state index contributed by atoms with van der Waals surface area (Å²) in [6, 6.07) is 18.2. The Bertz CT molecular complexity index is 722. The summed E-state index contributed by atoms with van der Waals surface area (Å²) in [7, 11) is 0. The number of carbonyl (C=O) groups is 1. The van der Waals surface area contributed by atoms with E-state index in [-0.39, 0.29) is 0 Å². The van der Waals surface area contributed by atoms with Gasteiger partial charge in [0.2, 0.25) is 0 Å². The van der Waals surface area contributed by atoms with Crippen molar-refractivity contribution in [2.75, 3.05) is 0 Å². The smallest absolute Gasteiger partial charge is 0.450 e. The molecular weight excluding hydrogens is 324 g/mol. The van der Waals surface area contributed by atoms with Crippen molar-refractivity contribution < 1.29 is 15.0 Å². The van der Waals surface area contributed by atoms with Gasteiger partial charge in [-0.2, -0.15) is 0 Å². The number of para-hydroxylation sites is 2. The monoisotopic (exact) mass is 334 g/mol. The number of nitrogens with zero attached hydrogens (tertiary/aromatic N) is 2. The molecule has 3 rings (SSSR count). The fourth-order valence-electron chi connectivity index (χ4n) is 1.76. The van der Waals surface area contributed by atoms with Gasteiger partial charge in [0.15, 0.2) is 5.82 Å². The van der Waals surface area contributed by atoms with E-state index in [1.807, 2.05) is 46.1 Å². The molecule has 0 bridgehead atoms. The van der Waals surface area contributed by atoms with Gasteiger partial charge < -0.3 is 10.2 Å². The molecule has 0 amide bonds. The van der Waals surface area contributed by atoms with E-state index in [1.165, 1.54) is 0 Å². The summed E-state index contributed by atoms with van der Waals surface area (Å²) in [5.41, 5.74) is 3.19. The number of imidazole rings is 1. The quantitative estimate of drug-likeness (QED) is 0.702. The van der Waals surface area contributed by atoms with Crippen LogP contribution in [-0.2, 0) is 0 Å². The van der Waals surface area contributed by atoms with Gasteiger partial charge >= 0.3 is 6.16 Å². The van der Waals surface area contributed by atoms with Gasteiger partial charge in [-0.1, -0.05) is 42.5 Å². The van der Waals surface area contributed by atoms with Crippen molar-refractivity contribution in [2.24, 2.45) is 0 Å². The molecule has 0 atom stereocenters. The summed E-state index contributed by atoms with van der Waals surface area (Å²) >= 11 is 3.54. The van der Waals surface area contributed by atoms with Crippen LogP contribution in [-0.4, -0.2) is 24.9 Å². The van der Waals surface area contributed by atoms with Gasteiger partial charge in [-0.05, 0) is 12.1 Å². The third-order valence-electron chi connectivity index (χ3n) is 2.54. The Balaban J connectivity index is 0.000000328. The van der Waals surface area contributed by atoms with Crippen LogP contribution in [0.2, 0.25) is 0 Å². The number of benzene rings is 2. The second-order valence-electron chi connectivity index (χ2n) is 3.85. The van der Waals surface area contributed by atoms with E-state index < -0.39 is 6.16 Å². The molecule has 3 aromatic rings. The van der Waals surface area contributed by atoms with Crippen molar-refractivity contribution in [1.29, 1.82) is 0 Å². The summed E-state index contributed by atoms with van der Waals surface area (Å²) in [6.45, 7) is 0. The molecule has 2 aromatic carbocycles. The van der Waals surface area contributed by atoms with E-state index in [1.54, 1.807) is 0 Å². The van der Waals surface area contributed by atoms with Crippen LogP contribution in [0.5, 0.6) is 0 Å². The van der Waals surface area contributed by atoms with Gasteiger partial charge in [0, 0.05) is 5.56 Å². The van der Waals surface area contributed by atoms with Crippen molar-refractivity contribution >= 4 is 33.3 Å². The molecule has 6 heteroatoms. The second kappa shape index (κ2) is 6.21. The molecular formula is C14H11BrN2O3. The van der Waals surface area contributed by atoms with Crippen molar-refractivity contribution in [3.63, 3.8) is 0 Å². The minimum Gasteiger partial charge on any atom is -0.450 e. The van der Waals surface area contributed by atoms with Gasteiger partial charge in [-0.3, -0.25) is 3.59 Å². The SMILES string of the molecule is Brn1c(-c2ccccc2)nc2ccccc21.O=C(O)O. The lowest BCUT2D eigenvalue weighted by molar-refractivity contribution is 0.137. The highest BCUT2D eigenvalue weighted by Gasteiger charge is 2.09. The Labute approximate surface area is 123 Å².